The Morgan fingerprint density at radius 3 is 2.69 bits per heavy atom. The summed E-state index contributed by atoms with van der Waals surface area (Å²) in [6, 6.07) is 7.00. The Bertz CT molecular complexity index is 618. The van der Waals surface area contributed by atoms with E-state index in [2.05, 4.69) is 15.9 Å². The van der Waals surface area contributed by atoms with E-state index in [0.29, 0.717) is 5.58 Å². The van der Waals surface area contributed by atoms with Gasteiger partial charge < -0.3 is 4.42 Å². The minimum Gasteiger partial charge on any atom is -0.443 e. The van der Waals surface area contributed by atoms with Crippen molar-refractivity contribution >= 4 is 36.9 Å². The molecule has 2 N–H and O–H groups in total. The van der Waals surface area contributed by atoms with Crippen LogP contribution in [0, 0.1) is 0 Å². The maximum Gasteiger partial charge on any atom is 0.271 e. The molecule has 0 atom stereocenters. The van der Waals surface area contributed by atoms with Gasteiger partial charge in [-0.3, -0.25) is 0 Å². The number of hydrogen-bond acceptors (Lipinski definition) is 3. The molecule has 16 heavy (non-hydrogen) atoms. The van der Waals surface area contributed by atoms with E-state index in [1.54, 1.807) is 6.07 Å². The van der Waals surface area contributed by atoms with Crippen molar-refractivity contribution in [2.75, 3.05) is 5.33 Å². The molecule has 2 rings (SSSR count). The molecule has 0 amide bonds. The van der Waals surface area contributed by atoms with Crippen molar-refractivity contribution in [1.29, 1.82) is 0 Å². The monoisotopic (exact) mass is 303 g/mol. The van der Waals surface area contributed by atoms with Crippen LogP contribution in [-0.4, -0.2) is 13.7 Å². The van der Waals surface area contributed by atoms with Gasteiger partial charge in [0.05, 0.1) is 0 Å². The fourth-order valence-electron chi connectivity index (χ4n) is 1.47. The van der Waals surface area contributed by atoms with Crippen LogP contribution in [0.2, 0.25) is 0 Å². The Balaban J connectivity index is 2.54. The van der Waals surface area contributed by atoms with Crippen LogP contribution in [-0.2, 0) is 16.4 Å². The number of rotatable bonds is 3. The Hall–Kier alpha value is -0.850. The third kappa shape index (κ3) is 2.28. The number of alkyl halides is 1. The van der Waals surface area contributed by atoms with E-state index in [-0.39, 0.29) is 5.09 Å². The predicted molar refractivity (Wildman–Crippen MR) is 65.1 cm³/mol. The number of hydrogen-bond donors (Lipinski definition) is 1. The zero-order valence-electron chi connectivity index (χ0n) is 8.31. The molecule has 1 aromatic heterocycles. The van der Waals surface area contributed by atoms with Gasteiger partial charge in [0.1, 0.15) is 5.58 Å². The highest BCUT2D eigenvalue weighted by molar-refractivity contribution is 9.09. The van der Waals surface area contributed by atoms with Crippen LogP contribution in [0.25, 0.3) is 11.0 Å². The molecule has 2 aromatic rings. The van der Waals surface area contributed by atoms with Gasteiger partial charge in [0.15, 0.2) is 0 Å². The second-order valence-corrected chi connectivity index (χ2v) is 5.71. The molecule has 0 bridgehead atoms. The van der Waals surface area contributed by atoms with Gasteiger partial charge in [0.2, 0.25) is 5.09 Å². The standard InChI is InChI=1S/C10H10BrNO3S/c11-4-3-7-1-2-9-8(5-7)6-10(15-9)16(12,13)14/h1-2,5-6H,3-4H2,(H2,12,13,14). The summed E-state index contributed by atoms with van der Waals surface area (Å²) in [5, 5.41) is 6.40. The van der Waals surface area contributed by atoms with Crippen LogP contribution in [0.5, 0.6) is 0 Å². The highest BCUT2D eigenvalue weighted by Gasteiger charge is 2.14. The van der Waals surface area contributed by atoms with Crippen LogP contribution in [0.4, 0.5) is 0 Å². The lowest BCUT2D eigenvalue weighted by atomic mass is 10.1. The molecule has 0 aliphatic rings. The zero-order valence-corrected chi connectivity index (χ0v) is 10.7. The van der Waals surface area contributed by atoms with Crippen molar-refractivity contribution in [3.05, 3.63) is 29.8 Å². The minimum absolute atomic E-state index is 0.196. The second-order valence-electron chi connectivity index (χ2n) is 3.42. The summed E-state index contributed by atoms with van der Waals surface area (Å²) < 4.78 is 27.3. The van der Waals surface area contributed by atoms with Crippen molar-refractivity contribution in [1.82, 2.24) is 0 Å². The van der Waals surface area contributed by atoms with Crippen LogP contribution >= 0.6 is 15.9 Å². The van der Waals surface area contributed by atoms with Crippen molar-refractivity contribution in [2.45, 2.75) is 11.5 Å². The van der Waals surface area contributed by atoms with E-state index in [0.717, 1.165) is 22.7 Å². The average Bonchev–Trinajstić information content (AvgIpc) is 2.60. The topological polar surface area (TPSA) is 73.3 Å². The molecule has 1 aromatic carbocycles. The summed E-state index contributed by atoms with van der Waals surface area (Å²) in [6.45, 7) is 0. The lowest BCUT2D eigenvalue weighted by molar-refractivity contribution is 0.482. The Morgan fingerprint density at radius 2 is 2.06 bits per heavy atom. The zero-order chi connectivity index (χ0) is 11.8. The van der Waals surface area contributed by atoms with Crippen molar-refractivity contribution in [3.63, 3.8) is 0 Å². The smallest absolute Gasteiger partial charge is 0.271 e. The molecule has 0 aliphatic carbocycles. The molecule has 0 spiro atoms. The second kappa shape index (κ2) is 4.20. The van der Waals surface area contributed by atoms with Crippen LogP contribution in [0.1, 0.15) is 5.56 Å². The highest BCUT2D eigenvalue weighted by atomic mass is 79.9. The van der Waals surface area contributed by atoms with E-state index in [1.165, 1.54) is 6.07 Å². The van der Waals surface area contributed by atoms with Gasteiger partial charge in [0, 0.05) is 16.8 Å². The van der Waals surface area contributed by atoms with Gasteiger partial charge in [-0.1, -0.05) is 22.0 Å². The molecule has 4 nitrogen and oxygen atoms in total. The Labute approximate surface area is 102 Å². The summed E-state index contributed by atoms with van der Waals surface area (Å²) in [5.74, 6) is 0. The van der Waals surface area contributed by atoms with Gasteiger partial charge in [-0.2, -0.15) is 0 Å². The molecule has 86 valence electrons. The van der Waals surface area contributed by atoms with Gasteiger partial charge in [-0.15, -0.1) is 0 Å². The SMILES string of the molecule is NS(=O)(=O)c1cc2cc(CCBr)ccc2o1. The third-order valence-corrected chi connectivity index (χ3v) is 3.38. The predicted octanol–water partition coefficient (Wildman–Crippen LogP) is 2.02. The molecule has 0 saturated carbocycles. The number of aryl methyl sites for hydroxylation is 1. The first-order valence-electron chi connectivity index (χ1n) is 4.62. The van der Waals surface area contributed by atoms with Crippen molar-refractivity contribution in [2.24, 2.45) is 5.14 Å². The molecule has 0 radical (unpaired) electrons. The summed E-state index contributed by atoms with van der Waals surface area (Å²) in [6.07, 6.45) is 0.881. The van der Waals surface area contributed by atoms with Crippen molar-refractivity contribution in [3.8, 4) is 0 Å². The molecular formula is C10H10BrNO3S. The van der Waals surface area contributed by atoms with E-state index in [9.17, 15) is 8.42 Å². The highest BCUT2D eigenvalue weighted by Crippen LogP contribution is 2.23. The lowest BCUT2D eigenvalue weighted by Gasteiger charge is -1.96. The Kier molecular flexibility index (Phi) is 3.05. The van der Waals surface area contributed by atoms with Crippen LogP contribution < -0.4 is 5.14 Å². The Morgan fingerprint density at radius 1 is 1.31 bits per heavy atom. The van der Waals surface area contributed by atoms with Crippen molar-refractivity contribution < 1.29 is 12.8 Å². The molecular weight excluding hydrogens is 294 g/mol. The number of nitrogens with two attached hydrogens (primary N) is 1. The molecule has 1 heterocycles. The quantitative estimate of drug-likeness (QED) is 0.882. The normalized spacial score (nSPS) is 12.1. The van der Waals surface area contributed by atoms with Gasteiger partial charge in [-0.25, -0.2) is 13.6 Å². The fraction of sp³-hybridized carbons (Fsp3) is 0.200. The first-order valence-corrected chi connectivity index (χ1v) is 7.29. The maximum atomic E-state index is 11.1. The maximum absolute atomic E-state index is 11.1. The largest absolute Gasteiger partial charge is 0.443 e. The van der Waals surface area contributed by atoms with E-state index < -0.39 is 10.0 Å². The van der Waals surface area contributed by atoms with E-state index >= 15 is 0 Å². The summed E-state index contributed by atoms with van der Waals surface area (Å²) in [7, 11) is -3.77. The van der Waals surface area contributed by atoms with Gasteiger partial charge in [0.25, 0.3) is 10.0 Å². The molecule has 0 fully saturated rings. The number of fused-ring (bicyclic) bond motifs is 1. The van der Waals surface area contributed by atoms with E-state index in [1.807, 2.05) is 12.1 Å². The number of primary sulfonamides is 1. The summed E-state index contributed by atoms with van der Waals surface area (Å²) in [5.41, 5.74) is 1.65. The molecule has 0 aliphatic heterocycles. The summed E-state index contributed by atoms with van der Waals surface area (Å²) in [4.78, 5) is 0. The molecule has 0 saturated heterocycles. The molecule has 0 unspecified atom stereocenters. The number of furan rings is 1. The van der Waals surface area contributed by atoms with E-state index in [4.69, 9.17) is 9.56 Å². The lowest BCUT2D eigenvalue weighted by Crippen LogP contribution is -2.10. The van der Waals surface area contributed by atoms with Gasteiger partial charge >= 0.3 is 0 Å². The number of benzene rings is 1. The van der Waals surface area contributed by atoms with Crippen LogP contribution in [0.15, 0.2) is 33.8 Å². The average molecular weight is 304 g/mol. The third-order valence-electron chi connectivity index (χ3n) is 2.22. The fourth-order valence-corrected chi connectivity index (χ4v) is 2.43. The van der Waals surface area contributed by atoms with Gasteiger partial charge in [-0.05, 0) is 24.1 Å². The first kappa shape index (κ1) is 11.6. The number of sulfonamides is 1. The van der Waals surface area contributed by atoms with Crippen LogP contribution in [0.3, 0.4) is 0 Å². The molecule has 6 heteroatoms. The summed E-state index contributed by atoms with van der Waals surface area (Å²) >= 11 is 3.35. The first-order chi connectivity index (χ1) is 7.50. The minimum atomic E-state index is -3.77. The number of halogens is 1.